The first-order valence-electron chi connectivity index (χ1n) is 8.41. The lowest BCUT2D eigenvalue weighted by Gasteiger charge is -2.09. The van der Waals surface area contributed by atoms with Gasteiger partial charge in [-0.25, -0.2) is 4.98 Å². The van der Waals surface area contributed by atoms with E-state index in [-0.39, 0.29) is 18.2 Å². The van der Waals surface area contributed by atoms with Crippen LogP contribution in [0, 0.1) is 0 Å². The third kappa shape index (κ3) is 4.86. The topological polar surface area (TPSA) is 89.5 Å². The molecule has 0 saturated heterocycles. The Balaban J connectivity index is 1.58. The normalized spacial score (nSPS) is 10.2. The van der Waals surface area contributed by atoms with Crippen molar-refractivity contribution in [2.45, 2.75) is 6.42 Å². The molecule has 0 aliphatic rings. The monoisotopic (exact) mass is 397 g/mol. The Morgan fingerprint density at radius 2 is 1.75 bits per heavy atom. The number of nitrogens with zero attached hydrogens (tertiary/aromatic N) is 1. The Hall–Kier alpha value is -3.39. The molecule has 8 heteroatoms. The Bertz CT molecular complexity index is 970. The van der Waals surface area contributed by atoms with E-state index >= 15 is 0 Å². The van der Waals surface area contributed by atoms with Gasteiger partial charge in [-0.05, 0) is 36.4 Å². The molecule has 0 aliphatic carbocycles. The van der Waals surface area contributed by atoms with Crippen LogP contribution in [0.2, 0.25) is 0 Å². The van der Waals surface area contributed by atoms with Gasteiger partial charge in [0.15, 0.2) is 5.13 Å². The van der Waals surface area contributed by atoms with Gasteiger partial charge in [0.1, 0.15) is 11.5 Å². The number of carbonyl (C=O) groups is 2. The molecule has 0 fully saturated rings. The minimum absolute atomic E-state index is 0.0902. The molecule has 1 aromatic heterocycles. The number of methoxy groups -OCH3 is 2. The number of thiazole rings is 1. The number of hydrogen-bond acceptors (Lipinski definition) is 6. The van der Waals surface area contributed by atoms with Crippen LogP contribution in [-0.2, 0) is 11.2 Å². The maximum absolute atomic E-state index is 12.3. The zero-order valence-corrected chi connectivity index (χ0v) is 16.2. The average molecular weight is 397 g/mol. The number of carbonyl (C=O) groups excluding carboxylic acids is 2. The van der Waals surface area contributed by atoms with Crippen LogP contribution in [0.4, 0.5) is 10.8 Å². The molecule has 144 valence electrons. The quantitative estimate of drug-likeness (QED) is 0.636. The van der Waals surface area contributed by atoms with Crippen molar-refractivity contribution in [2.75, 3.05) is 24.9 Å². The number of aromatic nitrogens is 1. The lowest BCUT2D eigenvalue weighted by Crippen LogP contribution is -2.15. The second kappa shape index (κ2) is 9.01. The summed E-state index contributed by atoms with van der Waals surface area (Å²) in [7, 11) is 3.11. The Morgan fingerprint density at radius 3 is 2.46 bits per heavy atom. The van der Waals surface area contributed by atoms with Crippen molar-refractivity contribution in [3.8, 4) is 11.5 Å². The first-order valence-corrected chi connectivity index (χ1v) is 9.29. The van der Waals surface area contributed by atoms with Crippen LogP contribution in [0.3, 0.4) is 0 Å². The molecule has 3 rings (SSSR count). The van der Waals surface area contributed by atoms with E-state index in [1.54, 1.807) is 56.0 Å². The maximum Gasteiger partial charge on any atom is 0.257 e. The molecule has 0 aliphatic heterocycles. The van der Waals surface area contributed by atoms with Gasteiger partial charge in [0.25, 0.3) is 5.91 Å². The van der Waals surface area contributed by atoms with Gasteiger partial charge in [-0.2, -0.15) is 0 Å². The summed E-state index contributed by atoms with van der Waals surface area (Å²) >= 11 is 1.26. The van der Waals surface area contributed by atoms with E-state index in [4.69, 9.17) is 9.47 Å². The summed E-state index contributed by atoms with van der Waals surface area (Å²) in [5.41, 5.74) is 1.66. The number of amides is 2. The zero-order chi connectivity index (χ0) is 19.9. The van der Waals surface area contributed by atoms with E-state index in [2.05, 4.69) is 15.6 Å². The fourth-order valence-electron chi connectivity index (χ4n) is 2.46. The third-order valence-corrected chi connectivity index (χ3v) is 4.65. The maximum atomic E-state index is 12.3. The van der Waals surface area contributed by atoms with Crippen LogP contribution < -0.4 is 20.1 Å². The highest BCUT2D eigenvalue weighted by Gasteiger charge is 2.13. The second-order valence-corrected chi connectivity index (χ2v) is 6.61. The number of para-hydroxylation sites is 2. The van der Waals surface area contributed by atoms with Gasteiger partial charge in [0.05, 0.1) is 32.0 Å². The summed E-state index contributed by atoms with van der Waals surface area (Å²) in [6.07, 6.45) is 0.0902. The van der Waals surface area contributed by atoms with Gasteiger partial charge in [-0.1, -0.05) is 12.1 Å². The molecule has 2 N–H and O–H groups in total. The summed E-state index contributed by atoms with van der Waals surface area (Å²) in [6.45, 7) is 0. The Labute approximate surface area is 166 Å². The highest BCUT2D eigenvalue weighted by atomic mass is 32.1. The van der Waals surface area contributed by atoms with Gasteiger partial charge in [0.2, 0.25) is 5.91 Å². The fraction of sp³-hybridized carbons (Fsp3) is 0.150. The molecule has 2 amide bonds. The average Bonchev–Trinajstić information content (AvgIpc) is 3.14. The van der Waals surface area contributed by atoms with Crippen LogP contribution >= 0.6 is 11.3 Å². The minimum atomic E-state index is -0.276. The fourth-order valence-corrected chi connectivity index (χ4v) is 3.17. The lowest BCUT2D eigenvalue weighted by atomic mass is 10.2. The number of rotatable bonds is 7. The van der Waals surface area contributed by atoms with Crippen molar-refractivity contribution in [1.29, 1.82) is 0 Å². The predicted octanol–water partition coefficient (Wildman–Crippen LogP) is 3.59. The molecule has 0 spiro atoms. The highest BCUT2D eigenvalue weighted by Crippen LogP contribution is 2.23. The van der Waals surface area contributed by atoms with E-state index in [1.165, 1.54) is 11.3 Å². The number of benzene rings is 2. The molecule has 1 heterocycles. The number of ether oxygens (including phenoxy) is 2. The van der Waals surface area contributed by atoms with Crippen molar-refractivity contribution >= 4 is 34.0 Å². The SMILES string of the molecule is COc1ccc(C(=O)Nc2nc(CC(=O)Nc3ccccc3OC)cs2)cc1. The van der Waals surface area contributed by atoms with E-state index in [1.807, 2.05) is 12.1 Å². The van der Waals surface area contributed by atoms with Gasteiger partial charge < -0.3 is 14.8 Å². The Kier molecular flexibility index (Phi) is 6.23. The van der Waals surface area contributed by atoms with Crippen molar-refractivity contribution in [1.82, 2.24) is 4.98 Å². The van der Waals surface area contributed by atoms with Crippen LogP contribution in [0.25, 0.3) is 0 Å². The molecule has 7 nitrogen and oxygen atoms in total. The van der Waals surface area contributed by atoms with Crippen LogP contribution in [-0.4, -0.2) is 31.0 Å². The molecule has 0 unspecified atom stereocenters. The number of hydrogen-bond donors (Lipinski definition) is 2. The summed E-state index contributed by atoms with van der Waals surface area (Å²) in [5, 5.41) is 7.70. The first-order chi connectivity index (χ1) is 13.6. The second-order valence-electron chi connectivity index (χ2n) is 5.75. The van der Waals surface area contributed by atoms with Gasteiger partial charge in [0, 0.05) is 10.9 Å². The van der Waals surface area contributed by atoms with E-state index in [9.17, 15) is 9.59 Å². The van der Waals surface area contributed by atoms with Gasteiger partial charge >= 0.3 is 0 Å². The number of anilines is 2. The van der Waals surface area contributed by atoms with Gasteiger partial charge in [-0.3, -0.25) is 14.9 Å². The van der Waals surface area contributed by atoms with Crippen molar-refractivity contribution < 1.29 is 19.1 Å². The zero-order valence-electron chi connectivity index (χ0n) is 15.4. The molecule has 28 heavy (non-hydrogen) atoms. The molecular formula is C20H19N3O4S. The predicted molar refractivity (Wildman–Crippen MR) is 108 cm³/mol. The molecule has 0 saturated carbocycles. The third-order valence-electron chi connectivity index (χ3n) is 3.85. The number of nitrogens with one attached hydrogen (secondary N) is 2. The standard InChI is InChI=1S/C20H19N3O4S/c1-26-15-9-7-13(8-10-15)19(25)23-20-21-14(12-28-20)11-18(24)22-16-5-3-4-6-17(16)27-2/h3-10,12H,11H2,1-2H3,(H,22,24)(H,21,23,25). The molecular weight excluding hydrogens is 378 g/mol. The summed E-state index contributed by atoms with van der Waals surface area (Å²) < 4.78 is 10.3. The van der Waals surface area contributed by atoms with Crippen LogP contribution in [0.5, 0.6) is 11.5 Å². The van der Waals surface area contributed by atoms with E-state index in [0.717, 1.165) is 0 Å². The van der Waals surface area contributed by atoms with Gasteiger partial charge in [-0.15, -0.1) is 11.3 Å². The summed E-state index contributed by atoms with van der Waals surface area (Å²) in [5.74, 6) is 0.764. The summed E-state index contributed by atoms with van der Waals surface area (Å²) in [4.78, 5) is 28.8. The smallest absolute Gasteiger partial charge is 0.257 e. The molecule has 0 atom stereocenters. The first kappa shape index (κ1) is 19.4. The van der Waals surface area contributed by atoms with Crippen LogP contribution in [0.1, 0.15) is 16.1 Å². The molecule has 0 bridgehead atoms. The molecule has 0 radical (unpaired) electrons. The van der Waals surface area contributed by atoms with Crippen molar-refractivity contribution in [3.05, 3.63) is 65.2 Å². The minimum Gasteiger partial charge on any atom is -0.497 e. The van der Waals surface area contributed by atoms with Crippen molar-refractivity contribution in [2.24, 2.45) is 0 Å². The lowest BCUT2D eigenvalue weighted by molar-refractivity contribution is -0.115. The molecule has 3 aromatic rings. The van der Waals surface area contributed by atoms with Crippen molar-refractivity contribution in [3.63, 3.8) is 0 Å². The molecule has 2 aromatic carbocycles. The van der Waals surface area contributed by atoms with E-state index < -0.39 is 0 Å². The van der Waals surface area contributed by atoms with E-state index in [0.29, 0.717) is 33.6 Å². The van der Waals surface area contributed by atoms with Crippen LogP contribution in [0.15, 0.2) is 53.9 Å². The summed E-state index contributed by atoms with van der Waals surface area (Å²) in [6, 6.07) is 13.9. The largest absolute Gasteiger partial charge is 0.497 e. The Morgan fingerprint density at radius 1 is 1.00 bits per heavy atom. The highest BCUT2D eigenvalue weighted by molar-refractivity contribution is 7.14.